The van der Waals surface area contributed by atoms with Gasteiger partial charge in [0.2, 0.25) is 0 Å². The van der Waals surface area contributed by atoms with Gasteiger partial charge in [-0.2, -0.15) is 0 Å². The van der Waals surface area contributed by atoms with Crippen molar-refractivity contribution in [2.24, 2.45) is 0 Å². The molecule has 3 nitrogen and oxygen atoms in total. The Balaban J connectivity index is 2.56. The molecular weight excluding hydrogens is 262 g/mol. The van der Waals surface area contributed by atoms with Gasteiger partial charge in [-0.1, -0.05) is 6.07 Å². The molecule has 0 radical (unpaired) electrons. The standard InChI is InChI=1S/C15H24ClNO2/c1-17(2)10-4-6-13-7-8-14(15(12-13)18-3)19-11-5-9-16/h7-8,12H,4-6,9-11H2,1-3H3. The molecule has 1 rings (SSSR count). The van der Waals surface area contributed by atoms with E-state index in [0.29, 0.717) is 12.5 Å². The molecular formula is C15H24ClNO2. The summed E-state index contributed by atoms with van der Waals surface area (Å²) in [5.74, 6) is 2.21. The first-order valence-corrected chi connectivity index (χ1v) is 7.21. The van der Waals surface area contributed by atoms with Crippen LogP contribution in [0.5, 0.6) is 11.5 Å². The first kappa shape index (κ1) is 16.1. The highest BCUT2D eigenvalue weighted by atomic mass is 35.5. The monoisotopic (exact) mass is 285 g/mol. The van der Waals surface area contributed by atoms with Gasteiger partial charge in [0, 0.05) is 5.88 Å². The number of hydrogen-bond donors (Lipinski definition) is 0. The zero-order valence-electron chi connectivity index (χ0n) is 12.1. The summed E-state index contributed by atoms with van der Waals surface area (Å²) < 4.78 is 11.0. The van der Waals surface area contributed by atoms with Crippen LogP contribution in [-0.4, -0.2) is 45.1 Å². The fourth-order valence-corrected chi connectivity index (χ4v) is 1.93. The second-order valence-corrected chi connectivity index (χ2v) is 5.16. The number of alkyl halides is 1. The molecule has 0 N–H and O–H groups in total. The van der Waals surface area contributed by atoms with Crippen LogP contribution >= 0.6 is 11.6 Å². The Kier molecular flexibility index (Phi) is 7.68. The van der Waals surface area contributed by atoms with Gasteiger partial charge in [-0.25, -0.2) is 0 Å². The van der Waals surface area contributed by atoms with Crippen LogP contribution in [0.3, 0.4) is 0 Å². The Bertz CT molecular complexity index is 369. The normalized spacial score (nSPS) is 10.8. The number of ether oxygens (including phenoxy) is 2. The molecule has 0 aromatic heterocycles. The molecule has 4 heteroatoms. The van der Waals surface area contributed by atoms with E-state index in [0.717, 1.165) is 37.3 Å². The topological polar surface area (TPSA) is 21.7 Å². The predicted octanol–water partition coefficient (Wildman–Crippen LogP) is 3.20. The van der Waals surface area contributed by atoms with Crippen molar-refractivity contribution in [2.75, 3.05) is 40.2 Å². The van der Waals surface area contributed by atoms with Crippen LogP contribution in [-0.2, 0) is 6.42 Å². The molecule has 0 aliphatic heterocycles. The zero-order chi connectivity index (χ0) is 14.1. The summed E-state index contributed by atoms with van der Waals surface area (Å²) in [5.41, 5.74) is 1.28. The Morgan fingerprint density at radius 1 is 1.16 bits per heavy atom. The van der Waals surface area contributed by atoms with Crippen molar-refractivity contribution in [1.82, 2.24) is 4.90 Å². The number of hydrogen-bond acceptors (Lipinski definition) is 3. The number of benzene rings is 1. The minimum atomic E-state index is 0.616. The average molecular weight is 286 g/mol. The van der Waals surface area contributed by atoms with Crippen LogP contribution < -0.4 is 9.47 Å². The Morgan fingerprint density at radius 3 is 2.58 bits per heavy atom. The zero-order valence-corrected chi connectivity index (χ0v) is 12.9. The molecule has 0 saturated heterocycles. The lowest BCUT2D eigenvalue weighted by Crippen LogP contribution is -2.13. The minimum Gasteiger partial charge on any atom is -0.493 e. The summed E-state index contributed by atoms with van der Waals surface area (Å²) in [6, 6.07) is 6.15. The largest absolute Gasteiger partial charge is 0.493 e. The van der Waals surface area contributed by atoms with Crippen LogP contribution in [0.4, 0.5) is 0 Å². The van der Waals surface area contributed by atoms with Crippen LogP contribution in [0, 0.1) is 0 Å². The molecule has 0 atom stereocenters. The molecule has 0 spiro atoms. The molecule has 0 bridgehead atoms. The van der Waals surface area contributed by atoms with Gasteiger partial charge in [-0.15, -0.1) is 11.6 Å². The summed E-state index contributed by atoms with van der Waals surface area (Å²) in [6.45, 7) is 1.72. The maximum atomic E-state index is 5.65. The van der Waals surface area contributed by atoms with Crippen LogP contribution in [0.25, 0.3) is 0 Å². The van der Waals surface area contributed by atoms with E-state index in [1.54, 1.807) is 7.11 Å². The van der Waals surface area contributed by atoms with Gasteiger partial charge in [0.05, 0.1) is 13.7 Å². The number of aryl methyl sites for hydroxylation is 1. The van der Waals surface area contributed by atoms with Gasteiger partial charge in [0.15, 0.2) is 11.5 Å². The highest BCUT2D eigenvalue weighted by molar-refractivity contribution is 6.17. The van der Waals surface area contributed by atoms with E-state index < -0.39 is 0 Å². The van der Waals surface area contributed by atoms with Crippen LogP contribution in [0.15, 0.2) is 18.2 Å². The van der Waals surface area contributed by atoms with E-state index in [4.69, 9.17) is 21.1 Å². The number of halogens is 1. The Hall–Kier alpha value is -0.930. The van der Waals surface area contributed by atoms with Crippen molar-refractivity contribution in [1.29, 1.82) is 0 Å². The maximum absolute atomic E-state index is 5.65. The summed E-state index contributed by atoms with van der Waals surface area (Å²) in [6.07, 6.45) is 3.04. The first-order chi connectivity index (χ1) is 9.17. The Morgan fingerprint density at radius 2 is 1.95 bits per heavy atom. The quantitative estimate of drug-likeness (QED) is 0.514. The highest BCUT2D eigenvalue weighted by Gasteiger charge is 2.06. The molecule has 0 unspecified atom stereocenters. The Labute approximate surface area is 121 Å². The van der Waals surface area contributed by atoms with Gasteiger partial charge in [-0.05, 0) is 57.6 Å². The summed E-state index contributed by atoms with van der Waals surface area (Å²) in [5, 5.41) is 0. The van der Waals surface area contributed by atoms with E-state index in [-0.39, 0.29) is 0 Å². The second-order valence-electron chi connectivity index (χ2n) is 4.78. The van der Waals surface area contributed by atoms with E-state index in [1.807, 2.05) is 6.07 Å². The second kappa shape index (κ2) is 9.05. The first-order valence-electron chi connectivity index (χ1n) is 6.67. The molecule has 0 saturated carbocycles. The van der Waals surface area contributed by atoms with Crippen LogP contribution in [0.2, 0.25) is 0 Å². The molecule has 1 aromatic carbocycles. The molecule has 1 aromatic rings. The van der Waals surface area contributed by atoms with Gasteiger partial charge in [0.25, 0.3) is 0 Å². The molecule has 0 heterocycles. The van der Waals surface area contributed by atoms with Crippen molar-refractivity contribution in [3.8, 4) is 11.5 Å². The molecule has 108 valence electrons. The number of methoxy groups -OCH3 is 1. The van der Waals surface area contributed by atoms with Crippen molar-refractivity contribution in [2.45, 2.75) is 19.3 Å². The molecule has 0 amide bonds. The summed E-state index contributed by atoms with van der Waals surface area (Å²) in [7, 11) is 5.86. The van der Waals surface area contributed by atoms with Gasteiger partial charge in [0.1, 0.15) is 0 Å². The lowest BCUT2D eigenvalue weighted by molar-refractivity contribution is 0.294. The van der Waals surface area contributed by atoms with Gasteiger partial charge >= 0.3 is 0 Å². The SMILES string of the molecule is COc1cc(CCCN(C)C)ccc1OCCCCl. The third kappa shape index (κ3) is 6.17. The highest BCUT2D eigenvalue weighted by Crippen LogP contribution is 2.28. The van der Waals surface area contributed by atoms with E-state index in [1.165, 1.54) is 5.56 Å². The average Bonchev–Trinajstić information content (AvgIpc) is 2.39. The minimum absolute atomic E-state index is 0.616. The lowest BCUT2D eigenvalue weighted by atomic mass is 10.1. The van der Waals surface area contributed by atoms with Gasteiger partial charge < -0.3 is 14.4 Å². The van der Waals surface area contributed by atoms with E-state index in [9.17, 15) is 0 Å². The van der Waals surface area contributed by atoms with Crippen molar-refractivity contribution >= 4 is 11.6 Å². The van der Waals surface area contributed by atoms with E-state index in [2.05, 4.69) is 31.1 Å². The van der Waals surface area contributed by atoms with Gasteiger partial charge in [-0.3, -0.25) is 0 Å². The molecule has 0 aliphatic rings. The fourth-order valence-electron chi connectivity index (χ4n) is 1.82. The molecule has 0 aliphatic carbocycles. The number of rotatable bonds is 9. The lowest BCUT2D eigenvalue weighted by Gasteiger charge is -2.13. The van der Waals surface area contributed by atoms with Crippen LogP contribution in [0.1, 0.15) is 18.4 Å². The third-order valence-electron chi connectivity index (χ3n) is 2.83. The third-order valence-corrected chi connectivity index (χ3v) is 3.10. The van der Waals surface area contributed by atoms with Crippen molar-refractivity contribution in [3.63, 3.8) is 0 Å². The maximum Gasteiger partial charge on any atom is 0.161 e. The smallest absolute Gasteiger partial charge is 0.161 e. The number of nitrogens with zero attached hydrogens (tertiary/aromatic N) is 1. The predicted molar refractivity (Wildman–Crippen MR) is 80.7 cm³/mol. The summed E-state index contributed by atoms with van der Waals surface area (Å²) in [4.78, 5) is 2.20. The summed E-state index contributed by atoms with van der Waals surface area (Å²) >= 11 is 5.63. The van der Waals surface area contributed by atoms with Crippen molar-refractivity contribution < 1.29 is 9.47 Å². The fraction of sp³-hybridized carbons (Fsp3) is 0.600. The van der Waals surface area contributed by atoms with Crippen molar-refractivity contribution in [3.05, 3.63) is 23.8 Å². The molecule has 19 heavy (non-hydrogen) atoms. The van der Waals surface area contributed by atoms with E-state index >= 15 is 0 Å². The molecule has 0 fully saturated rings.